The number of rotatable bonds is 5. The maximum absolute atomic E-state index is 10.2. The first-order valence-electron chi connectivity index (χ1n) is 7.62. The second-order valence-corrected chi connectivity index (χ2v) is 6.04. The summed E-state index contributed by atoms with van der Waals surface area (Å²) in [4.78, 5) is 0. The van der Waals surface area contributed by atoms with E-state index in [0.717, 1.165) is 44.0 Å². The molecule has 19 heavy (non-hydrogen) atoms. The molecule has 0 aliphatic heterocycles. The Labute approximate surface area is 114 Å². The number of hydrogen-bond donors (Lipinski definition) is 2. The summed E-state index contributed by atoms with van der Waals surface area (Å²) >= 11 is 0. The first-order valence-corrected chi connectivity index (χ1v) is 7.62. The van der Waals surface area contributed by atoms with Gasteiger partial charge in [0, 0.05) is 6.54 Å². The molecule has 1 heterocycles. The Bertz CT molecular complexity index is 402. The average Bonchev–Trinajstić information content (AvgIpc) is 3.15. The van der Waals surface area contributed by atoms with Crippen molar-refractivity contribution < 1.29 is 5.11 Å². The van der Waals surface area contributed by atoms with Crippen molar-refractivity contribution in [3.8, 4) is 0 Å². The van der Waals surface area contributed by atoms with Gasteiger partial charge in [-0.15, -0.1) is 5.10 Å². The molecule has 2 N–H and O–H groups in total. The number of hydrogen-bond acceptors (Lipinski definition) is 4. The van der Waals surface area contributed by atoms with Gasteiger partial charge in [-0.2, -0.15) is 0 Å². The Kier molecular flexibility index (Phi) is 4.13. The molecular weight excluding hydrogens is 240 g/mol. The molecule has 0 saturated heterocycles. The summed E-state index contributed by atoms with van der Waals surface area (Å²) in [7, 11) is 0. The van der Waals surface area contributed by atoms with Crippen molar-refractivity contribution in [2.45, 2.75) is 63.6 Å². The second kappa shape index (κ2) is 6.01. The Balaban J connectivity index is 1.55. The fraction of sp³-hybridized carbons (Fsp3) is 0.857. The molecule has 0 spiro atoms. The molecule has 2 saturated carbocycles. The van der Waals surface area contributed by atoms with Gasteiger partial charge in [0.05, 0.1) is 24.0 Å². The molecule has 2 aliphatic rings. The molecule has 0 radical (unpaired) electrons. The van der Waals surface area contributed by atoms with Gasteiger partial charge in [0.1, 0.15) is 0 Å². The lowest BCUT2D eigenvalue weighted by Gasteiger charge is -2.19. The van der Waals surface area contributed by atoms with Crippen LogP contribution in [0.2, 0.25) is 0 Å². The molecule has 106 valence electrons. The van der Waals surface area contributed by atoms with Crippen LogP contribution in [0.3, 0.4) is 0 Å². The standard InChI is InChI=1S/C14H24N4O/c19-14-5-3-1-2-4-13(14)18-10-12(16-17-18)9-15-8-11-6-7-11/h10-11,13-15,19H,1-9H2. The number of aliphatic hydroxyl groups excluding tert-OH is 1. The predicted octanol–water partition coefficient (Wildman–Crippen LogP) is 1.64. The summed E-state index contributed by atoms with van der Waals surface area (Å²) < 4.78 is 1.88. The van der Waals surface area contributed by atoms with Crippen LogP contribution in [0.15, 0.2) is 6.20 Å². The number of aromatic nitrogens is 3. The van der Waals surface area contributed by atoms with Crippen LogP contribution in [0.25, 0.3) is 0 Å². The molecule has 0 bridgehead atoms. The van der Waals surface area contributed by atoms with Gasteiger partial charge >= 0.3 is 0 Å². The molecule has 0 aromatic carbocycles. The molecule has 3 rings (SSSR count). The maximum atomic E-state index is 10.2. The maximum Gasteiger partial charge on any atom is 0.0964 e. The van der Waals surface area contributed by atoms with Crippen LogP contribution >= 0.6 is 0 Å². The minimum absolute atomic E-state index is 0.118. The van der Waals surface area contributed by atoms with Crippen LogP contribution in [0, 0.1) is 5.92 Å². The van der Waals surface area contributed by atoms with Crippen molar-refractivity contribution in [1.29, 1.82) is 0 Å². The molecule has 2 atom stereocenters. The summed E-state index contributed by atoms with van der Waals surface area (Å²) in [6.45, 7) is 1.89. The highest BCUT2D eigenvalue weighted by Gasteiger charge is 2.24. The van der Waals surface area contributed by atoms with E-state index >= 15 is 0 Å². The Morgan fingerprint density at radius 2 is 2.05 bits per heavy atom. The smallest absolute Gasteiger partial charge is 0.0964 e. The monoisotopic (exact) mass is 264 g/mol. The van der Waals surface area contributed by atoms with Gasteiger partial charge in [-0.05, 0) is 38.1 Å². The van der Waals surface area contributed by atoms with Crippen LogP contribution in [0.5, 0.6) is 0 Å². The topological polar surface area (TPSA) is 63.0 Å². The zero-order valence-electron chi connectivity index (χ0n) is 11.5. The molecular formula is C14H24N4O. The summed E-state index contributed by atoms with van der Waals surface area (Å²) in [6.07, 6.45) is 9.90. The van der Waals surface area contributed by atoms with Gasteiger partial charge in [-0.3, -0.25) is 0 Å². The summed E-state index contributed by atoms with van der Waals surface area (Å²) in [6, 6.07) is 0.118. The Morgan fingerprint density at radius 1 is 1.21 bits per heavy atom. The average molecular weight is 264 g/mol. The van der Waals surface area contributed by atoms with E-state index in [9.17, 15) is 5.11 Å². The summed E-state index contributed by atoms with van der Waals surface area (Å²) in [5, 5.41) is 22.0. The van der Waals surface area contributed by atoms with Crippen LogP contribution < -0.4 is 5.32 Å². The molecule has 1 aromatic rings. The van der Waals surface area contributed by atoms with E-state index < -0.39 is 0 Å². The molecule has 0 amide bonds. The largest absolute Gasteiger partial charge is 0.391 e. The van der Waals surface area contributed by atoms with Gasteiger partial charge in [0.2, 0.25) is 0 Å². The summed E-state index contributed by atoms with van der Waals surface area (Å²) in [5.41, 5.74) is 0.983. The van der Waals surface area contributed by atoms with Gasteiger partial charge < -0.3 is 10.4 Å². The molecule has 2 fully saturated rings. The Morgan fingerprint density at radius 3 is 2.89 bits per heavy atom. The van der Waals surface area contributed by atoms with Gasteiger partial charge in [0.15, 0.2) is 0 Å². The first-order chi connectivity index (χ1) is 9.33. The lowest BCUT2D eigenvalue weighted by Crippen LogP contribution is -2.23. The van der Waals surface area contributed by atoms with E-state index in [2.05, 4.69) is 15.6 Å². The van der Waals surface area contributed by atoms with Crippen molar-refractivity contribution in [3.05, 3.63) is 11.9 Å². The van der Waals surface area contributed by atoms with Crippen LogP contribution in [0.4, 0.5) is 0 Å². The molecule has 5 nitrogen and oxygen atoms in total. The third kappa shape index (κ3) is 3.54. The van der Waals surface area contributed by atoms with E-state index in [0.29, 0.717) is 0 Å². The second-order valence-electron chi connectivity index (χ2n) is 6.04. The highest BCUT2D eigenvalue weighted by molar-refractivity contribution is 4.94. The van der Waals surface area contributed by atoms with Crippen molar-refractivity contribution in [1.82, 2.24) is 20.3 Å². The van der Waals surface area contributed by atoms with Crippen molar-refractivity contribution in [2.75, 3.05) is 6.54 Å². The van der Waals surface area contributed by atoms with Crippen LogP contribution in [-0.4, -0.2) is 32.7 Å². The molecule has 2 aliphatic carbocycles. The molecule has 5 heteroatoms. The SMILES string of the molecule is OC1CCCCCC1n1cc(CNCC2CC2)nn1. The minimum Gasteiger partial charge on any atom is -0.391 e. The van der Waals surface area contributed by atoms with E-state index in [1.807, 2.05) is 10.9 Å². The number of nitrogens with zero attached hydrogens (tertiary/aromatic N) is 3. The predicted molar refractivity (Wildman–Crippen MR) is 72.6 cm³/mol. The van der Waals surface area contributed by atoms with E-state index in [1.165, 1.54) is 25.7 Å². The van der Waals surface area contributed by atoms with Gasteiger partial charge in [0.25, 0.3) is 0 Å². The lowest BCUT2D eigenvalue weighted by atomic mass is 10.1. The molecule has 1 aromatic heterocycles. The van der Waals surface area contributed by atoms with Crippen LogP contribution in [0.1, 0.15) is 56.7 Å². The number of aliphatic hydroxyl groups is 1. The van der Waals surface area contributed by atoms with E-state index in [1.54, 1.807) is 0 Å². The quantitative estimate of drug-likeness (QED) is 0.794. The van der Waals surface area contributed by atoms with Crippen LogP contribution in [-0.2, 0) is 6.54 Å². The fourth-order valence-corrected chi connectivity index (χ4v) is 2.86. The zero-order chi connectivity index (χ0) is 13.1. The van der Waals surface area contributed by atoms with Crippen molar-refractivity contribution >= 4 is 0 Å². The van der Waals surface area contributed by atoms with Gasteiger partial charge in [-0.1, -0.05) is 24.5 Å². The number of nitrogens with one attached hydrogen (secondary N) is 1. The van der Waals surface area contributed by atoms with Crippen molar-refractivity contribution in [2.24, 2.45) is 5.92 Å². The van der Waals surface area contributed by atoms with Gasteiger partial charge in [-0.25, -0.2) is 4.68 Å². The zero-order valence-corrected chi connectivity index (χ0v) is 11.5. The lowest BCUT2D eigenvalue weighted by molar-refractivity contribution is 0.0980. The minimum atomic E-state index is -0.267. The molecule has 2 unspecified atom stereocenters. The highest BCUT2D eigenvalue weighted by Crippen LogP contribution is 2.28. The van der Waals surface area contributed by atoms with Crippen molar-refractivity contribution in [3.63, 3.8) is 0 Å². The third-order valence-corrected chi connectivity index (χ3v) is 4.28. The van der Waals surface area contributed by atoms with E-state index in [-0.39, 0.29) is 12.1 Å². The summed E-state index contributed by atoms with van der Waals surface area (Å²) in [5.74, 6) is 0.888. The Hall–Kier alpha value is -0.940. The normalized spacial score (nSPS) is 28.3. The first kappa shape index (κ1) is 13.1. The van der Waals surface area contributed by atoms with E-state index in [4.69, 9.17) is 0 Å². The highest BCUT2D eigenvalue weighted by atomic mass is 16.3. The third-order valence-electron chi connectivity index (χ3n) is 4.28. The fourth-order valence-electron chi connectivity index (χ4n) is 2.86.